The molecule has 1 atom stereocenters. The van der Waals surface area contributed by atoms with Gasteiger partial charge in [-0.25, -0.2) is 9.78 Å². The molecular formula is C12H17N3O4. The quantitative estimate of drug-likeness (QED) is 0.581. The number of aromatic carboxylic acids is 1. The van der Waals surface area contributed by atoms with Crippen molar-refractivity contribution in [1.82, 2.24) is 4.98 Å². The summed E-state index contributed by atoms with van der Waals surface area (Å²) in [5, 5.41) is 22.6. The maximum atomic E-state index is 10.9. The molecule has 0 aromatic carbocycles. The summed E-state index contributed by atoms with van der Waals surface area (Å²) < 4.78 is 0. The molecule has 0 fully saturated rings. The molecule has 104 valence electrons. The van der Waals surface area contributed by atoms with Crippen molar-refractivity contribution in [3.05, 3.63) is 27.9 Å². The van der Waals surface area contributed by atoms with Crippen molar-refractivity contribution in [2.75, 3.05) is 5.32 Å². The zero-order valence-electron chi connectivity index (χ0n) is 10.9. The molecule has 19 heavy (non-hydrogen) atoms. The topological polar surface area (TPSA) is 105 Å². The first-order valence-corrected chi connectivity index (χ1v) is 6.11. The van der Waals surface area contributed by atoms with E-state index in [0.29, 0.717) is 0 Å². The minimum Gasteiger partial charge on any atom is -0.477 e. The number of rotatable bonds is 7. The van der Waals surface area contributed by atoms with Crippen LogP contribution in [0.15, 0.2) is 12.1 Å². The summed E-state index contributed by atoms with van der Waals surface area (Å²) in [6.45, 7) is 3.94. The summed E-state index contributed by atoms with van der Waals surface area (Å²) in [5.74, 6) is -1.20. The first-order valence-electron chi connectivity index (χ1n) is 6.11. The van der Waals surface area contributed by atoms with Crippen LogP contribution in [0.5, 0.6) is 0 Å². The molecule has 0 bridgehead atoms. The van der Waals surface area contributed by atoms with Crippen LogP contribution in [-0.2, 0) is 0 Å². The van der Waals surface area contributed by atoms with Gasteiger partial charge < -0.3 is 10.4 Å². The monoisotopic (exact) mass is 267 g/mol. The van der Waals surface area contributed by atoms with Crippen molar-refractivity contribution in [3.8, 4) is 0 Å². The summed E-state index contributed by atoms with van der Waals surface area (Å²) in [4.78, 5) is 24.9. The van der Waals surface area contributed by atoms with Crippen LogP contribution in [-0.4, -0.2) is 27.0 Å². The molecule has 1 rings (SSSR count). The van der Waals surface area contributed by atoms with E-state index in [2.05, 4.69) is 17.2 Å². The molecule has 0 aliphatic rings. The third kappa shape index (κ3) is 4.20. The van der Waals surface area contributed by atoms with E-state index >= 15 is 0 Å². The van der Waals surface area contributed by atoms with Crippen LogP contribution in [0.3, 0.4) is 0 Å². The fourth-order valence-corrected chi connectivity index (χ4v) is 1.64. The SMILES string of the molecule is CCCCC(C)Nc1nc(C(=O)O)ccc1[N+](=O)[O-]. The smallest absolute Gasteiger partial charge is 0.354 e. The van der Waals surface area contributed by atoms with Crippen LogP contribution < -0.4 is 5.32 Å². The van der Waals surface area contributed by atoms with Gasteiger partial charge in [-0.2, -0.15) is 0 Å². The van der Waals surface area contributed by atoms with Crippen molar-refractivity contribution in [2.24, 2.45) is 0 Å². The van der Waals surface area contributed by atoms with E-state index in [1.807, 2.05) is 6.92 Å². The zero-order chi connectivity index (χ0) is 14.4. The van der Waals surface area contributed by atoms with Crippen LogP contribution in [0.2, 0.25) is 0 Å². The lowest BCUT2D eigenvalue weighted by molar-refractivity contribution is -0.384. The number of anilines is 1. The lowest BCUT2D eigenvalue weighted by atomic mass is 10.1. The lowest BCUT2D eigenvalue weighted by Crippen LogP contribution is -2.18. The Bertz CT molecular complexity index is 476. The minimum absolute atomic E-state index is 0.00445. The minimum atomic E-state index is -1.21. The Morgan fingerprint density at radius 1 is 1.58 bits per heavy atom. The maximum Gasteiger partial charge on any atom is 0.354 e. The van der Waals surface area contributed by atoms with Gasteiger partial charge in [-0.15, -0.1) is 0 Å². The van der Waals surface area contributed by atoms with Gasteiger partial charge in [-0.3, -0.25) is 10.1 Å². The van der Waals surface area contributed by atoms with E-state index in [9.17, 15) is 14.9 Å². The average molecular weight is 267 g/mol. The number of pyridine rings is 1. The number of aromatic nitrogens is 1. The summed E-state index contributed by atoms with van der Waals surface area (Å²) in [6.07, 6.45) is 2.85. The summed E-state index contributed by atoms with van der Waals surface area (Å²) in [7, 11) is 0. The van der Waals surface area contributed by atoms with Crippen LogP contribution in [0.4, 0.5) is 11.5 Å². The number of nitrogens with zero attached hydrogens (tertiary/aromatic N) is 2. The number of carboxylic acids is 1. The normalized spacial score (nSPS) is 11.9. The molecule has 1 aromatic heterocycles. The van der Waals surface area contributed by atoms with E-state index in [1.54, 1.807) is 0 Å². The Labute approximate surface area is 110 Å². The number of carboxylic acid groups (broad SMARTS) is 1. The van der Waals surface area contributed by atoms with Crippen LogP contribution in [0.25, 0.3) is 0 Å². The fraction of sp³-hybridized carbons (Fsp3) is 0.500. The molecule has 0 radical (unpaired) electrons. The molecule has 0 amide bonds. The molecule has 0 saturated carbocycles. The average Bonchev–Trinajstić information content (AvgIpc) is 2.35. The Hall–Kier alpha value is -2.18. The number of carbonyl (C=O) groups is 1. The summed E-state index contributed by atoms with van der Waals surface area (Å²) >= 11 is 0. The molecule has 0 saturated heterocycles. The maximum absolute atomic E-state index is 10.9. The highest BCUT2D eigenvalue weighted by molar-refractivity contribution is 5.86. The van der Waals surface area contributed by atoms with Gasteiger partial charge in [0.1, 0.15) is 0 Å². The number of nitro groups is 1. The highest BCUT2D eigenvalue weighted by atomic mass is 16.6. The lowest BCUT2D eigenvalue weighted by Gasteiger charge is -2.14. The Morgan fingerprint density at radius 3 is 2.79 bits per heavy atom. The van der Waals surface area contributed by atoms with Gasteiger partial charge in [0.15, 0.2) is 5.69 Å². The second kappa shape index (κ2) is 6.67. The molecule has 7 heteroatoms. The Kier molecular flexibility index (Phi) is 5.23. The molecule has 1 unspecified atom stereocenters. The van der Waals surface area contributed by atoms with Crippen molar-refractivity contribution in [2.45, 2.75) is 39.2 Å². The molecular weight excluding hydrogens is 250 g/mol. The van der Waals surface area contributed by atoms with Gasteiger partial charge in [0.05, 0.1) is 4.92 Å². The second-order valence-corrected chi connectivity index (χ2v) is 4.31. The van der Waals surface area contributed by atoms with Crippen LogP contribution in [0, 0.1) is 10.1 Å². The van der Waals surface area contributed by atoms with E-state index in [1.165, 1.54) is 0 Å². The molecule has 1 heterocycles. The third-order valence-electron chi connectivity index (χ3n) is 2.66. The van der Waals surface area contributed by atoms with E-state index in [-0.39, 0.29) is 23.2 Å². The van der Waals surface area contributed by atoms with Crippen LogP contribution >= 0.6 is 0 Å². The first kappa shape index (κ1) is 14.9. The number of nitrogens with one attached hydrogen (secondary N) is 1. The standard InChI is InChI=1S/C12H17N3O4/c1-3-4-5-8(2)13-11-10(15(18)19)7-6-9(14-11)12(16)17/h6-8H,3-5H2,1-2H3,(H,13,14)(H,16,17). The van der Waals surface area contributed by atoms with Gasteiger partial charge in [0.2, 0.25) is 5.82 Å². The van der Waals surface area contributed by atoms with Gasteiger partial charge in [0.25, 0.3) is 0 Å². The fourth-order valence-electron chi connectivity index (χ4n) is 1.64. The predicted octanol–water partition coefficient (Wildman–Crippen LogP) is 2.68. The van der Waals surface area contributed by atoms with Gasteiger partial charge in [-0.05, 0) is 19.4 Å². The molecule has 7 nitrogen and oxygen atoms in total. The summed E-state index contributed by atoms with van der Waals surface area (Å²) in [5.41, 5.74) is -0.427. The molecule has 1 aromatic rings. The Morgan fingerprint density at radius 2 is 2.26 bits per heavy atom. The molecule has 0 aliphatic heterocycles. The predicted molar refractivity (Wildman–Crippen MR) is 70.5 cm³/mol. The number of unbranched alkanes of at least 4 members (excludes halogenated alkanes) is 1. The molecule has 2 N–H and O–H groups in total. The highest BCUT2D eigenvalue weighted by Gasteiger charge is 2.19. The zero-order valence-corrected chi connectivity index (χ0v) is 10.9. The third-order valence-corrected chi connectivity index (χ3v) is 2.66. The van der Waals surface area contributed by atoms with Crippen molar-refractivity contribution in [3.63, 3.8) is 0 Å². The Balaban J connectivity index is 2.97. The highest BCUT2D eigenvalue weighted by Crippen LogP contribution is 2.23. The number of hydrogen-bond acceptors (Lipinski definition) is 5. The van der Waals surface area contributed by atoms with E-state index in [4.69, 9.17) is 5.11 Å². The van der Waals surface area contributed by atoms with Crippen LogP contribution in [0.1, 0.15) is 43.6 Å². The summed E-state index contributed by atoms with van der Waals surface area (Å²) in [6, 6.07) is 2.28. The second-order valence-electron chi connectivity index (χ2n) is 4.31. The van der Waals surface area contributed by atoms with Crippen molar-refractivity contribution >= 4 is 17.5 Å². The van der Waals surface area contributed by atoms with E-state index in [0.717, 1.165) is 31.4 Å². The van der Waals surface area contributed by atoms with Crippen molar-refractivity contribution in [1.29, 1.82) is 0 Å². The van der Waals surface area contributed by atoms with Crippen molar-refractivity contribution < 1.29 is 14.8 Å². The number of hydrogen-bond donors (Lipinski definition) is 2. The first-order chi connectivity index (χ1) is 8.95. The van der Waals surface area contributed by atoms with Gasteiger partial charge >= 0.3 is 11.7 Å². The van der Waals surface area contributed by atoms with E-state index < -0.39 is 10.9 Å². The largest absolute Gasteiger partial charge is 0.477 e. The van der Waals surface area contributed by atoms with Gasteiger partial charge in [-0.1, -0.05) is 19.8 Å². The molecule has 0 aliphatic carbocycles. The van der Waals surface area contributed by atoms with Gasteiger partial charge in [0, 0.05) is 12.1 Å². The molecule has 0 spiro atoms.